The molecule has 0 bridgehead atoms. The molecule has 0 spiro atoms. The number of anilines is 1. The van der Waals surface area contributed by atoms with Crippen molar-refractivity contribution in [2.24, 2.45) is 5.41 Å². The van der Waals surface area contributed by atoms with Crippen LogP contribution in [0.5, 0.6) is 5.75 Å². The van der Waals surface area contributed by atoms with Crippen LogP contribution in [0.25, 0.3) is 10.9 Å². The summed E-state index contributed by atoms with van der Waals surface area (Å²) in [5, 5.41) is 20.1. The van der Waals surface area contributed by atoms with Crippen molar-refractivity contribution in [1.29, 1.82) is 0 Å². The van der Waals surface area contributed by atoms with Crippen LogP contribution in [-0.4, -0.2) is 60.8 Å². The minimum atomic E-state index is -1.37. The van der Waals surface area contributed by atoms with Gasteiger partial charge in [-0.2, -0.15) is 0 Å². The molecule has 1 saturated heterocycles. The number of nitrogens with zero attached hydrogens (tertiary/aromatic N) is 2. The average Bonchev–Trinajstić information content (AvgIpc) is 2.87. The van der Waals surface area contributed by atoms with Gasteiger partial charge in [-0.05, 0) is 34.7 Å². The summed E-state index contributed by atoms with van der Waals surface area (Å²) in [5.41, 5.74) is 0.443. The lowest BCUT2D eigenvalue weighted by Gasteiger charge is -2.33. The van der Waals surface area contributed by atoms with Crippen molar-refractivity contribution in [3.8, 4) is 5.75 Å². The number of hydrogen-bond acceptors (Lipinski definition) is 6. The Balaban J connectivity index is 1.91. The number of aromatic nitrogens is 1. The molecule has 2 aromatic carbocycles. The maximum atomic E-state index is 15.2. The second-order valence-corrected chi connectivity index (χ2v) is 10.9. The lowest BCUT2D eigenvalue weighted by atomic mass is 9.86. The SMILES string of the molecule is COc1cc2c(cc1Cc1cc(N3CCOCC3)cc(Cl)c1F)c(=O)c(C(=O)O)cn2C(CO)C(C)(C)C. The predicted octanol–water partition coefficient (Wildman–Crippen LogP) is 4.51. The van der Waals surface area contributed by atoms with Crippen LogP contribution in [0, 0.1) is 11.2 Å². The summed E-state index contributed by atoms with van der Waals surface area (Å²) < 4.78 is 27.9. The summed E-state index contributed by atoms with van der Waals surface area (Å²) in [6.45, 7) is 7.89. The van der Waals surface area contributed by atoms with Crippen LogP contribution in [0.1, 0.15) is 48.3 Å². The number of aromatic carboxylic acids is 1. The van der Waals surface area contributed by atoms with Gasteiger partial charge in [0.2, 0.25) is 5.43 Å². The summed E-state index contributed by atoms with van der Waals surface area (Å²) >= 11 is 6.26. The van der Waals surface area contributed by atoms with E-state index in [2.05, 4.69) is 4.90 Å². The monoisotopic (exact) mass is 546 g/mol. The summed E-state index contributed by atoms with van der Waals surface area (Å²) in [7, 11) is 1.47. The van der Waals surface area contributed by atoms with Gasteiger partial charge in [-0.25, -0.2) is 9.18 Å². The average molecular weight is 547 g/mol. The molecule has 0 saturated carbocycles. The standard InChI is InChI=1S/C28H32ClFN2O6/c1-28(2,3)24(15-33)32-14-20(27(35)36)26(34)19-11-16(23(37-4)13-22(19)32)9-17-10-18(12-21(29)25(17)30)31-5-7-38-8-6-31/h10-14,24,33H,5-9,15H2,1-4H3,(H,35,36). The number of carbonyl (C=O) groups is 1. The zero-order valence-corrected chi connectivity index (χ0v) is 22.6. The molecule has 0 amide bonds. The molecule has 0 aliphatic carbocycles. The van der Waals surface area contributed by atoms with E-state index >= 15 is 4.39 Å². The highest BCUT2D eigenvalue weighted by atomic mass is 35.5. The van der Waals surface area contributed by atoms with Crippen LogP contribution in [0.4, 0.5) is 10.1 Å². The molecule has 8 nitrogen and oxygen atoms in total. The number of ether oxygens (including phenoxy) is 2. The number of carboxylic acid groups (broad SMARTS) is 1. The molecular weight excluding hydrogens is 515 g/mol. The maximum Gasteiger partial charge on any atom is 0.341 e. The van der Waals surface area contributed by atoms with Crippen LogP contribution in [0.3, 0.4) is 0 Å². The lowest BCUT2D eigenvalue weighted by Crippen LogP contribution is -2.36. The van der Waals surface area contributed by atoms with Gasteiger partial charge in [-0.3, -0.25) is 4.79 Å². The van der Waals surface area contributed by atoms with E-state index in [4.69, 9.17) is 21.1 Å². The van der Waals surface area contributed by atoms with Gasteiger partial charge in [0.05, 0.1) is 43.5 Å². The largest absolute Gasteiger partial charge is 0.496 e. The Labute approximate surface area is 225 Å². The number of aliphatic hydroxyl groups excluding tert-OH is 1. The molecule has 1 fully saturated rings. The molecule has 1 aliphatic heterocycles. The molecule has 38 heavy (non-hydrogen) atoms. The number of hydrogen-bond donors (Lipinski definition) is 2. The van der Waals surface area contributed by atoms with E-state index in [1.165, 1.54) is 13.3 Å². The smallest absolute Gasteiger partial charge is 0.341 e. The topological polar surface area (TPSA) is 101 Å². The highest BCUT2D eigenvalue weighted by Gasteiger charge is 2.29. The van der Waals surface area contributed by atoms with Gasteiger partial charge in [0, 0.05) is 42.8 Å². The molecule has 10 heteroatoms. The van der Waals surface area contributed by atoms with Crippen molar-refractivity contribution < 1.29 is 28.9 Å². The molecule has 1 unspecified atom stereocenters. The molecule has 2 N–H and O–H groups in total. The Morgan fingerprint density at radius 1 is 1.18 bits per heavy atom. The molecule has 2 heterocycles. The Morgan fingerprint density at radius 3 is 2.45 bits per heavy atom. The Morgan fingerprint density at radius 2 is 1.87 bits per heavy atom. The second-order valence-electron chi connectivity index (χ2n) is 10.5. The molecule has 0 radical (unpaired) electrons. The van der Waals surface area contributed by atoms with Crippen LogP contribution in [-0.2, 0) is 11.2 Å². The van der Waals surface area contributed by atoms with Crippen molar-refractivity contribution >= 4 is 34.2 Å². The first-order chi connectivity index (χ1) is 18.0. The van der Waals surface area contributed by atoms with E-state index in [0.29, 0.717) is 48.7 Å². The summed E-state index contributed by atoms with van der Waals surface area (Å²) in [6.07, 6.45) is 1.33. The first-order valence-corrected chi connectivity index (χ1v) is 12.7. The van der Waals surface area contributed by atoms with Crippen molar-refractivity contribution in [2.75, 3.05) is 44.9 Å². The van der Waals surface area contributed by atoms with Crippen LogP contribution in [0.2, 0.25) is 5.02 Å². The Bertz CT molecular complexity index is 1430. The van der Waals surface area contributed by atoms with Crippen LogP contribution >= 0.6 is 11.6 Å². The zero-order valence-electron chi connectivity index (χ0n) is 21.9. The number of carboxylic acids is 1. The number of aliphatic hydroxyl groups is 1. The molecule has 1 atom stereocenters. The first kappa shape index (κ1) is 27.9. The lowest BCUT2D eigenvalue weighted by molar-refractivity contribution is 0.0692. The predicted molar refractivity (Wildman–Crippen MR) is 145 cm³/mol. The molecule has 1 aliphatic rings. The third kappa shape index (κ3) is 5.36. The normalized spacial score (nSPS) is 15.1. The fourth-order valence-electron chi connectivity index (χ4n) is 4.91. The molecule has 1 aromatic heterocycles. The second kappa shape index (κ2) is 10.9. The van der Waals surface area contributed by atoms with E-state index in [-0.39, 0.29) is 23.4 Å². The van der Waals surface area contributed by atoms with Gasteiger partial charge in [0.15, 0.2) is 0 Å². The van der Waals surface area contributed by atoms with Crippen LogP contribution < -0.4 is 15.1 Å². The number of fused-ring (bicyclic) bond motifs is 1. The van der Waals surface area contributed by atoms with Gasteiger partial charge >= 0.3 is 5.97 Å². The Hall–Kier alpha value is -3.14. The number of halogens is 2. The third-order valence-corrected chi connectivity index (χ3v) is 7.29. The minimum Gasteiger partial charge on any atom is -0.496 e. The first-order valence-electron chi connectivity index (χ1n) is 12.4. The summed E-state index contributed by atoms with van der Waals surface area (Å²) in [6, 6.07) is 5.97. The zero-order chi connectivity index (χ0) is 27.8. The minimum absolute atomic E-state index is 0.0183. The van der Waals surface area contributed by atoms with Gasteiger partial charge in [-0.15, -0.1) is 0 Å². The highest BCUT2D eigenvalue weighted by molar-refractivity contribution is 6.31. The molecule has 3 aromatic rings. The highest BCUT2D eigenvalue weighted by Crippen LogP contribution is 2.36. The fourth-order valence-corrected chi connectivity index (χ4v) is 5.14. The van der Waals surface area contributed by atoms with Crippen molar-refractivity contribution in [1.82, 2.24) is 4.57 Å². The number of pyridine rings is 1. The Kier molecular flexibility index (Phi) is 8.01. The van der Waals surface area contributed by atoms with E-state index in [1.807, 2.05) is 20.8 Å². The molecule has 204 valence electrons. The van der Waals surface area contributed by atoms with Gasteiger partial charge in [0.25, 0.3) is 0 Å². The van der Waals surface area contributed by atoms with E-state index in [1.54, 1.807) is 28.8 Å². The maximum absolute atomic E-state index is 15.2. The molecular formula is C28H32ClFN2O6. The fraction of sp³-hybridized carbons (Fsp3) is 0.429. The van der Waals surface area contributed by atoms with E-state index in [9.17, 15) is 19.8 Å². The van der Waals surface area contributed by atoms with Crippen LogP contribution in [0.15, 0.2) is 35.3 Å². The quantitative estimate of drug-likeness (QED) is 0.450. The molecule has 4 rings (SSSR count). The van der Waals surface area contributed by atoms with Gasteiger partial charge in [0.1, 0.15) is 17.1 Å². The summed E-state index contributed by atoms with van der Waals surface area (Å²) in [4.78, 5) is 27.3. The number of rotatable bonds is 7. The number of benzene rings is 2. The summed E-state index contributed by atoms with van der Waals surface area (Å²) in [5.74, 6) is -1.55. The van der Waals surface area contributed by atoms with E-state index < -0.39 is 34.2 Å². The van der Waals surface area contributed by atoms with Gasteiger partial charge in [-0.1, -0.05) is 32.4 Å². The van der Waals surface area contributed by atoms with Crippen molar-refractivity contribution in [2.45, 2.75) is 33.2 Å². The third-order valence-electron chi connectivity index (χ3n) is 7.02. The van der Waals surface area contributed by atoms with Gasteiger partial charge < -0.3 is 29.2 Å². The van der Waals surface area contributed by atoms with E-state index in [0.717, 1.165) is 5.69 Å². The van der Waals surface area contributed by atoms with Crippen molar-refractivity contribution in [3.63, 3.8) is 0 Å². The number of methoxy groups -OCH3 is 1. The number of morpholine rings is 1. The van der Waals surface area contributed by atoms with Crippen molar-refractivity contribution in [3.05, 3.63) is 68.2 Å².